The number of anilines is 1. The Bertz CT molecular complexity index is 874. The minimum atomic E-state index is -4.57. The summed E-state index contributed by atoms with van der Waals surface area (Å²) < 4.78 is 44.8. The summed E-state index contributed by atoms with van der Waals surface area (Å²) in [5.74, 6) is -1.12. The van der Waals surface area contributed by atoms with Crippen molar-refractivity contribution in [1.29, 1.82) is 0 Å². The van der Waals surface area contributed by atoms with E-state index in [9.17, 15) is 22.8 Å². The van der Waals surface area contributed by atoms with Crippen molar-refractivity contribution in [3.05, 3.63) is 58.7 Å². The summed E-state index contributed by atoms with van der Waals surface area (Å²) in [7, 11) is 0. The van der Waals surface area contributed by atoms with Crippen LogP contribution in [0, 0.1) is 6.92 Å². The lowest BCUT2D eigenvalue weighted by molar-refractivity contribution is -0.138. The van der Waals surface area contributed by atoms with E-state index in [4.69, 9.17) is 4.74 Å². The van der Waals surface area contributed by atoms with E-state index in [0.717, 1.165) is 11.0 Å². The van der Waals surface area contributed by atoms with Crippen molar-refractivity contribution in [2.75, 3.05) is 11.5 Å². The van der Waals surface area contributed by atoms with Crippen molar-refractivity contribution in [3.63, 3.8) is 0 Å². The van der Waals surface area contributed by atoms with E-state index in [2.05, 4.69) is 0 Å². The number of carbonyl (C=O) groups excluding carboxylic acids is 2. The van der Waals surface area contributed by atoms with E-state index in [1.165, 1.54) is 25.1 Å². The summed E-state index contributed by atoms with van der Waals surface area (Å²) in [6, 6.07) is 7.95. The maximum atomic E-state index is 13.1. The Morgan fingerprint density at radius 1 is 1.08 bits per heavy atom. The van der Waals surface area contributed by atoms with Crippen LogP contribution < -0.4 is 9.64 Å². The van der Waals surface area contributed by atoms with E-state index >= 15 is 0 Å². The quantitative estimate of drug-likeness (QED) is 0.780. The number of nitrogens with zero attached hydrogens (tertiary/aromatic N) is 1. The number of hydrogen-bond donors (Lipinski definition) is 0. The molecule has 0 saturated carbocycles. The van der Waals surface area contributed by atoms with Gasteiger partial charge in [0.05, 0.1) is 29.0 Å². The zero-order valence-electron chi connectivity index (χ0n) is 13.5. The molecule has 0 fully saturated rings. The zero-order valence-corrected chi connectivity index (χ0v) is 13.5. The van der Waals surface area contributed by atoms with Gasteiger partial charge in [-0.3, -0.25) is 9.59 Å². The Kier molecular flexibility index (Phi) is 4.02. The Balaban J connectivity index is 2.10. The molecule has 0 N–H and O–H groups in total. The molecule has 0 aromatic heterocycles. The summed E-state index contributed by atoms with van der Waals surface area (Å²) in [6.45, 7) is 3.34. The van der Waals surface area contributed by atoms with Gasteiger partial charge >= 0.3 is 6.18 Å². The van der Waals surface area contributed by atoms with Gasteiger partial charge in [-0.15, -0.1) is 0 Å². The van der Waals surface area contributed by atoms with Crippen LogP contribution in [0.3, 0.4) is 0 Å². The van der Waals surface area contributed by atoms with Gasteiger partial charge in [-0.05, 0) is 43.7 Å². The van der Waals surface area contributed by atoms with Crippen molar-refractivity contribution in [3.8, 4) is 5.75 Å². The predicted molar refractivity (Wildman–Crippen MR) is 84.9 cm³/mol. The van der Waals surface area contributed by atoms with Crippen molar-refractivity contribution in [2.45, 2.75) is 20.0 Å². The third-order valence-electron chi connectivity index (χ3n) is 3.96. The molecule has 0 unspecified atom stereocenters. The molecule has 0 radical (unpaired) electrons. The standard InChI is InChI=1S/C18H14F3NO3/c1-3-25-14-6-4-5-12-15(14)17(24)22(16(12)23)11-8-7-10(2)13(9-11)18(19,20)21/h4-9H,3H2,1-2H3. The summed E-state index contributed by atoms with van der Waals surface area (Å²) in [4.78, 5) is 26.0. The van der Waals surface area contributed by atoms with E-state index < -0.39 is 23.6 Å². The molecule has 1 aliphatic heterocycles. The molecule has 0 saturated heterocycles. The zero-order chi connectivity index (χ0) is 18.4. The summed E-state index contributed by atoms with van der Waals surface area (Å²) >= 11 is 0. The Morgan fingerprint density at radius 2 is 1.80 bits per heavy atom. The summed E-state index contributed by atoms with van der Waals surface area (Å²) in [6.07, 6.45) is -4.57. The normalized spacial score (nSPS) is 14.0. The fraction of sp³-hybridized carbons (Fsp3) is 0.222. The monoisotopic (exact) mass is 349 g/mol. The summed E-state index contributed by atoms with van der Waals surface area (Å²) in [5, 5.41) is 0. The second-order valence-corrected chi connectivity index (χ2v) is 5.55. The fourth-order valence-electron chi connectivity index (χ4n) is 2.82. The molecule has 25 heavy (non-hydrogen) atoms. The lowest BCUT2D eigenvalue weighted by Crippen LogP contribution is -2.29. The van der Waals surface area contributed by atoms with E-state index in [1.54, 1.807) is 19.1 Å². The van der Waals surface area contributed by atoms with Crippen LogP contribution in [0.4, 0.5) is 18.9 Å². The number of amides is 2. The van der Waals surface area contributed by atoms with Crippen molar-refractivity contribution >= 4 is 17.5 Å². The molecule has 4 nitrogen and oxygen atoms in total. The number of carbonyl (C=O) groups is 2. The number of halogens is 3. The highest BCUT2D eigenvalue weighted by Crippen LogP contribution is 2.38. The number of benzene rings is 2. The number of rotatable bonds is 3. The molecule has 7 heteroatoms. The van der Waals surface area contributed by atoms with Gasteiger partial charge < -0.3 is 4.74 Å². The minimum Gasteiger partial charge on any atom is -0.493 e. The highest BCUT2D eigenvalue weighted by atomic mass is 19.4. The number of fused-ring (bicyclic) bond motifs is 1. The van der Waals surface area contributed by atoms with Crippen LogP contribution in [-0.2, 0) is 6.18 Å². The molecule has 2 aromatic carbocycles. The highest BCUT2D eigenvalue weighted by molar-refractivity contribution is 6.35. The van der Waals surface area contributed by atoms with Gasteiger partial charge in [0.1, 0.15) is 5.75 Å². The minimum absolute atomic E-state index is 0.0165. The Labute approximate surface area is 141 Å². The van der Waals surface area contributed by atoms with Gasteiger partial charge in [-0.2, -0.15) is 13.2 Å². The van der Waals surface area contributed by atoms with Gasteiger partial charge in [0, 0.05) is 0 Å². The fourth-order valence-corrected chi connectivity index (χ4v) is 2.82. The first-order valence-corrected chi connectivity index (χ1v) is 7.58. The molecule has 3 rings (SSSR count). The number of alkyl halides is 3. The first-order valence-electron chi connectivity index (χ1n) is 7.58. The largest absolute Gasteiger partial charge is 0.493 e. The van der Waals surface area contributed by atoms with Gasteiger partial charge in [0.15, 0.2) is 0 Å². The number of aryl methyl sites for hydroxylation is 1. The van der Waals surface area contributed by atoms with E-state index in [0.29, 0.717) is 6.61 Å². The van der Waals surface area contributed by atoms with E-state index in [1.807, 2.05) is 0 Å². The molecule has 0 atom stereocenters. The molecule has 130 valence electrons. The van der Waals surface area contributed by atoms with Gasteiger partial charge in [-0.1, -0.05) is 12.1 Å². The van der Waals surface area contributed by atoms with E-state index in [-0.39, 0.29) is 28.1 Å². The smallest absolute Gasteiger partial charge is 0.416 e. The van der Waals surface area contributed by atoms with Gasteiger partial charge in [-0.25, -0.2) is 4.90 Å². The maximum absolute atomic E-state index is 13.1. The number of hydrogen-bond acceptors (Lipinski definition) is 3. The van der Waals surface area contributed by atoms with Crippen LogP contribution in [0.1, 0.15) is 38.8 Å². The van der Waals surface area contributed by atoms with Crippen LogP contribution in [0.5, 0.6) is 5.75 Å². The van der Waals surface area contributed by atoms with Crippen molar-refractivity contribution in [1.82, 2.24) is 0 Å². The molecule has 1 aliphatic rings. The molecule has 1 heterocycles. The topological polar surface area (TPSA) is 46.6 Å². The van der Waals surface area contributed by atoms with Crippen LogP contribution in [0.15, 0.2) is 36.4 Å². The predicted octanol–water partition coefficient (Wildman–Crippen LogP) is 4.21. The average molecular weight is 349 g/mol. The lowest BCUT2D eigenvalue weighted by Gasteiger charge is -2.17. The van der Waals surface area contributed by atoms with Gasteiger partial charge in [0.25, 0.3) is 11.8 Å². The molecular formula is C18H14F3NO3. The lowest BCUT2D eigenvalue weighted by atomic mass is 10.1. The second kappa shape index (κ2) is 5.91. The third kappa shape index (κ3) is 2.75. The molecular weight excluding hydrogens is 335 g/mol. The second-order valence-electron chi connectivity index (χ2n) is 5.55. The molecule has 2 aromatic rings. The number of imide groups is 1. The average Bonchev–Trinajstić information content (AvgIpc) is 2.80. The summed E-state index contributed by atoms with van der Waals surface area (Å²) in [5.41, 5.74) is -0.797. The van der Waals surface area contributed by atoms with Crippen LogP contribution in [-0.4, -0.2) is 18.4 Å². The first kappa shape index (κ1) is 17.0. The Morgan fingerprint density at radius 3 is 2.44 bits per heavy atom. The maximum Gasteiger partial charge on any atom is 0.416 e. The van der Waals surface area contributed by atoms with Crippen LogP contribution >= 0.6 is 0 Å². The van der Waals surface area contributed by atoms with Gasteiger partial charge in [0.2, 0.25) is 0 Å². The Hall–Kier alpha value is -2.83. The third-order valence-corrected chi connectivity index (χ3v) is 3.96. The highest BCUT2D eigenvalue weighted by Gasteiger charge is 2.40. The molecule has 0 spiro atoms. The van der Waals surface area contributed by atoms with Crippen LogP contribution in [0.25, 0.3) is 0 Å². The first-order chi connectivity index (χ1) is 11.8. The van der Waals surface area contributed by atoms with Crippen LogP contribution in [0.2, 0.25) is 0 Å². The molecule has 0 bridgehead atoms. The van der Waals surface area contributed by atoms with Crippen molar-refractivity contribution in [2.24, 2.45) is 0 Å². The van der Waals surface area contributed by atoms with Crippen molar-refractivity contribution < 1.29 is 27.5 Å². The number of ether oxygens (including phenoxy) is 1. The molecule has 2 amide bonds. The molecule has 0 aliphatic carbocycles. The SMILES string of the molecule is CCOc1cccc2c1C(=O)N(c1ccc(C)c(C(F)(F)F)c1)C2=O.